The van der Waals surface area contributed by atoms with Crippen LogP contribution in [0.25, 0.3) is 0 Å². The second kappa shape index (κ2) is 5.27. The second-order valence-electron chi connectivity index (χ2n) is 3.19. The number of hydrazone groups is 1. The number of carbonyl (C=O) groups excluding carboxylic acids is 1. The van der Waals surface area contributed by atoms with Crippen LogP contribution in [0.15, 0.2) is 41.6 Å². The van der Waals surface area contributed by atoms with Crippen molar-refractivity contribution in [3.8, 4) is 0 Å². The van der Waals surface area contributed by atoms with E-state index in [1.807, 2.05) is 12.1 Å². The first-order chi connectivity index (χ1) is 8.27. The van der Waals surface area contributed by atoms with Gasteiger partial charge in [0.2, 0.25) is 0 Å². The first-order valence-electron chi connectivity index (χ1n) is 4.84. The van der Waals surface area contributed by atoms with Crippen molar-refractivity contribution < 1.29 is 4.79 Å². The molecule has 0 radical (unpaired) electrons. The van der Waals surface area contributed by atoms with Crippen LogP contribution in [-0.2, 0) is 0 Å². The fourth-order valence-electron chi connectivity index (χ4n) is 1.18. The number of hydrogen-bond acceptors (Lipinski definition) is 3. The number of H-pyrrole nitrogens is 1. The molecule has 1 aromatic carbocycles. The van der Waals surface area contributed by atoms with E-state index in [1.165, 1.54) is 12.4 Å². The van der Waals surface area contributed by atoms with Crippen LogP contribution < -0.4 is 5.43 Å². The Morgan fingerprint density at radius 2 is 2.24 bits per heavy atom. The quantitative estimate of drug-likeness (QED) is 0.643. The average Bonchev–Trinajstić information content (AvgIpc) is 2.85. The van der Waals surface area contributed by atoms with Gasteiger partial charge in [0.25, 0.3) is 5.91 Å². The van der Waals surface area contributed by atoms with E-state index in [0.29, 0.717) is 10.7 Å². The number of nitrogens with zero attached hydrogens (tertiary/aromatic N) is 2. The molecule has 17 heavy (non-hydrogen) atoms. The van der Waals surface area contributed by atoms with Gasteiger partial charge in [-0.1, -0.05) is 29.8 Å². The number of aromatic amines is 1. The molecular weight excluding hydrogens is 240 g/mol. The highest BCUT2D eigenvalue weighted by atomic mass is 35.5. The highest BCUT2D eigenvalue weighted by molar-refractivity contribution is 6.33. The molecule has 0 atom stereocenters. The number of hydrogen-bond donors (Lipinski definition) is 2. The van der Waals surface area contributed by atoms with E-state index >= 15 is 0 Å². The lowest BCUT2D eigenvalue weighted by Crippen LogP contribution is -2.18. The SMILES string of the molecule is O=C(N/N=C/c1ccccc1Cl)c1ccn[nH]1. The lowest BCUT2D eigenvalue weighted by Gasteiger charge is -1.97. The summed E-state index contributed by atoms with van der Waals surface area (Å²) in [5.41, 5.74) is 3.45. The zero-order valence-corrected chi connectivity index (χ0v) is 9.48. The Morgan fingerprint density at radius 1 is 1.41 bits per heavy atom. The zero-order valence-electron chi connectivity index (χ0n) is 8.72. The van der Waals surface area contributed by atoms with Crippen LogP contribution in [0.3, 0.4) is 0 Å². The van der Waals surface area contributed by atoms with Crippen molar-refractivity contribution in [2.45, 2.75) is 0 Å². The number of halogens is 1. The topological polar surface area (TPSA) is 70.1 Å². The Bertz CT molecular complexity index is 536. The van der Waals surface area contributed by atoms with Gasteiger partial charge in [-0.2, -0.15) is 10.2 Å². The van der Waals surface area contributed by atoms with E-state index in [0.717, 1.165) is 5.56 Å². The van der Waals surface area contributed by atoms with E-state index in [1.54, 1.807) is 18.2 Å². The summed E-state index contributed by atoms with van der Waals surface area (Å²) in [7, 11) is 0. The standard InChI is InChI=1S/C11H9ClN4O/c12-9-4-2-1-3-8(9)7-14-16-11(17)10-5-6-13-15-10/h1-7H,(H,13,15)(H,16,17)/b14-7+. The number of aromatic nitrogens is 2. The Kier molecular flexibility index (Phi) is 3.52. The van der Waals surface area contributed by atoms with Crippen molar-refractivity contribution in [1.29, 1.82) is 0 Å². The van der Waals surface area contributed by atoms with Crippen LogP contribution in [0.1, 0.15) is 16.1 Å². The van der Waals surface area contributed by atoms with Crippen molar-refractivity contribution >= 4 is 23.7 Å². The van der Waals surface area contributed by atoms with Crippen LogP contribution in [0.4, 0.5) is 0 Å². The van der Waals surface area contributed by atoms with Gasteiger partial charge in [0.05, 0.1) is 6.21 Å². The Morgan fingerprint density at radius 3 is 2.94 bits per heavy atom. The molecule has 5 nitrogen and oxygen atoms in total. The van der Waals surface area contributed by atoms with Crippen molar-refractivity contribution in [3.63, 3.8) is 0 Å². The summed E-state index contributed by atoms with van der Waals surface area (Å²) >= 11 is 5.92. The zero-order chi connectivity index (χ0) is 12.1. The van der Waals surface area contributed by atoms with Crippen LogP contribution in [0.5, 0.6) is 0 Å². The summed E-state index contributed by atoms with van der Waals surface area (Å²) in [6, 6.07) is 8.76. The molecule has 1 aromatic heterocycles. The molecule has 0 bridgehead atoms. The maximum atomic E-state index is 11.5. The van der Waals surface area contributed by atoms with Gasteiger partial charge in [-0.15, -0.1) is 0 Å². The first kappa shape index (κ1) is 11.3. The molecule has 6 heteroatoms. The predicted molar refractivity (Wildman–Crippen MR) is 65.1 cm³/mol. The third kappa shape index (κ3) is 2.92. The third-order valence-electron chi connectivity index (χ3n) is 2.02. The molecule has 86 valence electrons. The third-order valence-corrected chi connectivity index (χ3v) is 2.36. The van der Waals surface area contributed by atoms with E-state index in [4.69, 9.17) is 11.6 Å². The van der Waals surface area contributed by atoms with Gasteiger partial charge in [-0.3, -0.25) is 9.89 Å². The molecule has 0 fully saturated rings. The second-order valence-corrected chi connectivity index (χ2v) is 3.60. The lowest BCUT2D eigenvalue weighted by atomic mass is 10.2. The van der Waals surface area contributed by atoms with Crippen LogP contribution >= 0.6 is 11.6 Å². The summed E-state index contributed by atoms with van der Waals surface area (Å²) in [6.45, 7) is 0. The highest BCUT2D eigenvalue weighted by Gasteiger charge is 2.03. The molecule has 2 rings (SSSR count). The number of carbonyl (C=O) groups is 1. The molecule has 0 saturated carbocycles. The van der Waals surface area contributed by atoms with Gasteiger partial charge >= 0.3 is 0 Å². The number of benzene rings is 1. The number of amides is 1. The minimum absolute atomic E-state index is 0.348. The molecule has 1 amide bonds. The molecule has 0 saturated heterocycles. The predicted octanol–water partition coefficient (Wildman–Crippen LogP) is 1.83. The van der Waals surface area contributed by atoms with Gasteiger partial charge in [0.1, 0.15) is 5.69 Å². The molecule has 1 heterocycles. The highest BCUT2D eigenvalue weighted by Crippen LogP contribution is 2.11. The summed E-state index contributed by atoms with van der Waals surface area (Å²) in [5, 5.41) is 10.6. The van der Waals surface area contributed by atoms with E-state index in [9.17, 15) is 4.79 Å². The fraction of sp³-hybridized carbons (Fsp3) is 0. The van der Waals surface area contributed by atoms with Gasteiger partial charge in [-0.25, -0.2) is 5.43 Å². The van der Waals surface area contributed by atoms with E-state index in [-0.39, 0.29) is 5.91 Å². The average molecular weight is 249 g/mol. The first-order valence-corrected chi connectivity index (χ1v) is 5.22. The van der Waals surface area contributed by atoms with Gasteiger partial charge in [-0.05, 0) is 12.1 Å². The summed E-state index contributed by atoms with van der Waals surface area (Å²) in [6.07, 6.45) is 2.98. The van der Waals surface area contributed by atoms with E-state index < -0.39 is 0 Å². The molecule has 2 aromatic rings. The normalized spacial score (nSPS) is 10.6. The maximum Gasteiger partial charge on any atom is 0.289 e. The molecular formula is C11H9ClN4O. The summed E-state index contributed by atoms with van der Waals surface area (Å²) < 4.78 is 0. The van der Waals surface area contributed by atoms with Crippen molar-refractivity contribution in [2.75, 3.05) is 0 Å². The van der Waals surface area contributed by atoms with Gasteiger partial charge in [0, 0.05) is 16.8 Å². The molecule has 0 spiro atoms. The van der Waals surface area contributed by atoms with Crippen LogP contribution in [0.2, 0.25) is 5.02 Å². The van der Waals surface area contributed by atoms with Gasteiger partial charge in [0.15, 0.2) is 0 Å². The van der Waals surface area contributed by atoms with Crippen molar-refractivity contribution in [3.05, 3.63) is 52.8 Å². The molecule has 0 aliphatic carbocycles. The Hall–Kier alpha value is -2.14. The number of rotatable bonds is 3. The largest absolute Gasteiger partial charge is 0.289 e. The van der Waals surface area contributed by atoms with Crippen molar-refractivity contribution in [1.82, 2.24) is 15.6 Å². The minimum atomic E-state index is -0.356. The summed E-state index contributed by atoms with van der Waals surface area (Å²) in [5.74, 6) is -0.356. The van der Waals surface area contributed by atoms with Crippen LogP contribution in [-0.4, -0.2) is 22.3 Å². The monoisotopic (exact) mass is 248 g/mol. The molecule has 0 aliphatic rings. The van der Waals surface area contributed by atoms with Gasteiger partial charge < -0.3 is 0 Å². The Labute approximate surface area is 102 Å². The molecule has 0 aliphatic heterocycles. The van der Waals surface area contributed by atoms with Crippen LogP contribution in [0, 0.1) is 0 Å². The molecule has 2 N–H and O–H groups in total. The smallest absolute Gasteiger partial charge is 0.273 e. The van der Waals surface area contributed by atoms with E-state index in [2.05, 4.69) is 20.7 Å². The summed E-state index contributed by atoms with van der Waals surface area (Å²) in [4.78, 5) is 11.5. The number of nitrogens with one attached hydrogen (secondary N) is 2. The molecule has 0 unspecified atom stereocenters. The Balaban J connectivity index is 1.99. The lowest BCUT2D eigenvalue weighted by molar-refractivity contribution is 0.0950. The minimum Gasteiger partial charge on any atom is -0.273 e. The fourth-order valence-corrected chi connectivity index (χ4v) is 1.37. The maximum absolute atomic E-state index is 11.5. The van der Waals surface area contributed by atoms with Crippen molar-refractivity contribution in [2.24, 2.45) is 5.10 Å².